The Bertz CT molecular complexity index is 1030. The first-order valence-electron chi connectivity index (χ1n) is 8.63. The summed E-state index contributed by atoms with van der Waals surface area (Å²) in [6, 6.07) is 16.5. The van der Waals surface area contributed by atoms with E-state index < -0.39 is 17.6 Å². The molecule has 0 aliphatic carbocycles. The molecule has 2 amide bonds. The fourth-order valence-electron chi connectivity index (χ4n) is 2.62. The molecule has 0 aliphatic heterocycles. The van der Waals surface area contributed by atoms with Crippen LogP contribution in [-0.4, -0.2) is 24.6 Å². The molecule has 0 bridgehead atoms. The molecule has 0 aromatic heterocycles. The first kappa shape index (κ1) is 19.0. The summed E-state index contributed by atoms with van der Waals surface area (Å²) in [5.41, 5.74) is 3.18. The van der Waals surface area contributed by atoms with E-state index in [1.807, 2.05) is 43.3 Å². The summed E-state index contributed by atoms with van der Waals surface area (Å²) >= 11 is 0. The van der Waals surface area contributed by atoms with E-state index >= 15 is 0 Å². The van der Waals surface area contributed by atoms with E-state index in [-0.39, 0.29) is 0 Å². The maximum absolute atomic E-state index is 12.9. The van der Waals surface area contributed by atoms with Crippen LogP contribution in [0.2, 0.25) is 0 Å². The van der Waals surface area contributed by atoms with Crippen LogP contribution in [0.25, 0.3) is 10.8 Å². The number of hydrogen-bond acceptors (Lipinski definition) is 4. The van der Waals surface area contributed by atoms with Gasteiger partial charge in [-0.1, -0.05) is 30.3 Å². The Hall–Kier alpha value is -3.74. The number of hydrogen-bond donors (Lipinski definition) is 2. The largest absolute Gasteiger partial charge is 0.493 e. The standard InChI is InChI=1S/C21H18FN3O3/c1-2-28-19-12-7-14-5-3-4-6-17(14)18(19)13-23-25-21(27)20(26)24-16-10-8-15(22)9-11-16/h3-13H,2H2,1H3,(H,24,26)(H,25,27)/b23-13-. The number of benzene rings is 3. The number of carbonyl (C=O) groups is 2. The molecule has 0 radical (unpaired) electrons. The molecule has 3 rings (SSSR count). The van der Waals surface area contributed by atoms with Gasteiger partial charge in [-0.25, -0.2) is 9.82 Å². The minimum atomic E-state index is -0.946. The Morgan fingerprint density at radius 2 is 1.79 bits per heavy atom. The van der Waals surface area contributed by atoms with Crippen LogP contribution in [0.15, 0.2) is 65.8 Å². The van der Waals surface area contributed by atoms with Crippen molar-refractivity contribution in [3.63, 3.8) is 0 Å². The highest BCUT2D eigenvalue weighted by Gasteiger charge is 2.13. The van der Waals surface area contributed by atoms with Crippen molar-refractivity contribution in [2.75, 3.05) is 11.9 Å². The van der Waals surface area contributed by atoms with E-state index in [0.717, 1.165) is 10.8 Å². The Labute approximate surface area is 161 Å². The third-order valence-corrected chi connectivity index (χ3v) is 3.90. The van der Waals surface area contributed by atoms with Gasteiger partial charge in [-0.05, 0) is 48.0 Å². The monoisotopic (exact) mass is 379 g/mol. The topological polar surface area (TPSA) is 79.8 Å². The van der Waals surface area contributed by atoms with Gasteiger partial charge in [-0.3, -0.25) is 9.59 Å². The molecule has 3 aromatic rings. The number of amides is 2. The second-order valence-electron chi connectivity index (χ2n) is 5.79. The van der Waals surface area contributed by atoms with Crippen molar-refractivity contribution >= 4 is 34.5 Å². The summed E-state index contributed by atoms with van der Waals surface area (Å²) in [5, 5.41) is 8.15. The third-order valence-electron chi connectivity index (χ3n) is 3.90. The maximum atomic E-state index is 12.9. The molecule has 6 nitrogen and oxygen atoms in total. The fraction of sp³-hybridized carbons (Fsp3) is 0.0952. The highest BCUT2D eigenvalue weighted by Crippen LogP contribution is 2.26. The number of carbonyl (C=O) groups excluding carboxylic acids is 2. The molecule has 0 aliphatic rings. The highest BCUT2D eigenvalue weighted by atomic mass is 19.1. The average molecular weight is 379 g/mol. The van der Waals surface area contributed by atoms with E-state index in [1.165, 1.54) is 30.5 Å². The van der Waals surface area contributed by atoms with Crippen LogP contribution >= 0.6 is 0 Å². The molecule has 0 saturated carbocycles. The lowest BCUT2D eigenvalue weighted by molar-refractivity contribution is -0.136. The van der Waals surface area contributed by atoms with Crippen molar-refractivity contribution in [1.29, 1.82) is 0 Å². The van der Waals surface area contributed by atoms with Gasteiger partial charge in [-0.15, -0.1) is 0 Å². The molecule has 0 fully saturated rings. The summed E-state index contributed by atoms with van der Waals surface area (Å²) in [7, 11) is 0. The first-order chi connectivity index (χ1) is 13.6. The molecular formula is C21H18FN3O3. The summed E-state index contributed by atoms with van der Waals surface area (Å²) in [5.74, 6) is -1.67. The van der Waals surface area contributed by atoms with E-state index in [2.05, 4.69) is 15.8 Å². The lowest BCUT2D eigenvalue weighted by atomic mass is 10.0. The number of nitrogens with zero attached hydrogens (tertiary/aromatic N) is 1. The van der Waals surface area contributed by atoms with Crippen molar-refractivity contribution in [1.82, 2.24) is 5.43 Å². The third kappa shape index (κ3) is 4.50. The number of nitrogens with one attached hydrogen (secondary N) is 2. The number of rotatable bonds is 5. The molecule has 3 aromatic carbocycles. The van der Waals surface area contributed by atoms with Crippen molar-refractivity contribution < 1.29 is 18.7 Å². The van der Waals surface area contributed by atoms with Crippen molar-refractivity contribution in [3.8, 4) is 5.75 Å². The molecule has 2 N–H and O–H groups in total. The predicted octanol–water partition coefficient (Wildman–Crippen LogP) is 3.47. The van der Waals surface area contributed by atoms with Crippen molar-refractivity contribution in [3.05, 3.63) is 72.0 Å². The lowest BCUT2D eigenvalue weighted by Gasteiger charge is -2.10. The van der Waals surface area contributed by atoms with Gasteiger partial charge in [-0.2, -0.15) is 5.10 Å². The van der Waals surface area contributed by atoms with Gasteiger partial charge < -0.3 is 10.1 Å². The van der Waals surface area contributed by atoms with E-state index in [9.17, 15) is 14.0 Å². The molecule has 28 heavy (non-hydrogen) atoms. The van der Waals surface area contributed by atoms with Gasteiger partial charge >= 0.3 is 11.8 Å². The molecule has 0 atom stereocenters. The molecule has 0 spiro atoms. The Morgan fingerprint density at radius 3 is 2.54 bits per heavy atom. The van der Waals surface area contributed by atoms with Gasteiger partial charge in [0.15, 0.2) is 0 Å². The van der Waals surface area contributed by atoms with Crippen LogP contribution in [0.5, 0.6) is 5.75 Å². The maximum Gasteiger partial charge on any atom is 0.329 e. The second-order valence-corrected chi connectivity index (χ2v) is 5.79. The zero-order valence-corrected chi connectivity index (χ0v) is 15.1. The number of anilines is 1. The van der Waals surface area contributed by atoms with Gasteiger partial charge in [0.1, 0.15) is 11.6 Å². The van der Waals surface area contributed by atoms with Crippen LogP contribution < -0.4 is 15.5 Å². The molecule has 0 heterocycles. The molecule has 7 heteroatoms. The molecule has 0 saturated heterocycles. The van der Waals surface area contributed by atoms with Gasteiger partial charge in [0, 0.05) is 11.3 Å². The molecule has 142 valence electrons. The second kappa shape index (κ2) is 8.77. The minimum absolute atomic E-state index is 0.304. The number of fused-ring (bicyclic) bond motifs is 1. The summed E-state index contributed by atoms with van der Waals surface area (Å²) < 4.78 is 18.5. The van der Waals surface area contributed by atoms with Crippen LogP contribution in [0.4, 0.5) is 10.1 Å². The zero-order chi connectivity index (χ0) is 19.9. The van der Waals surface area contributed by atoms with E-state index in [1.54, 1.807) is 0 Å². The Kier molecular flexibility index (Phi) is 5.96. The smallest absolute Gasteiger partial charge is 0.329 e. The first-order valence-corrected chi connectivity index (χ1v) is 8.63. The summed E-state index contributed by atoms with van der Waals surface area (Å²) in [6.45, 7) is 2.35. The Balaban J connectivity index is 1.73. The Morgan fingerprint density at radius 1 is 1.04 bits per heavy atom. The zero-order valence-electron chi connectivity index (χ0n) is 15.1. The van der Waals surface area contributed by atoms with Gasteiger partial charge in [0.05, 0.1) is 12.8 Å². The number of halogens is 1. The van der Waals surface area contributed by atoms with Crippen LogP contribution in [0.3, 0.4) is 0 Å². The van der Waals surface area contributed by atoms with E-state index in [0.29, 0.717) is 23.6 Å². The quantitative estimate of drug-likeness (QED) is 0.405. The summed E-state index contributed by atoms with van der Waals surface area (Å²) in [4.78, 5) is 23.8. The highest BCUT2D eigenvalue weighted by molar-refractivity contribution is 6.39. The number of ether oxygens (including phenoxy) is 1. The summed E-state index contributed by atoms with van der Waals surface area (Å²) in [6.07, 6.45) is 1.44. The van der Waals surface area contributed by atoms with Gasteiger partial charge in [0.2, 0.25) is 0 Å². The lowest BCUT2D eigenvalue weighted by Crippen LogP contribution is -2.32. The van der Waals surface area contributed by atoms with Gasteiger partial charge in [0.25, 0.3) is 0 Å². The predicted molar refractivity (Wildman–Crippen MR) is 106 cm³/mol. The number of hydrazone groups is 1. The van der Waals surface area contributed by atoms with Crippen molar-refractivity contribution in [2.24, 2.45) is 5.10 Å². The molecule has 0 unspecified atom stereocenters. The normalized spacial score (nSPS) is 10.8. The van der Waals surface area contributed by atoms with Crippen molar-refractivity contribution in [2.45, 2.75) is 6.92 Å². The van der Waals surface area contributed by atoms with Crippen LogP contribution in [0.1, 0.15) is 12.5 Å². The van der Waals surface area contributed by atoms with Crippen LogP contribution in [0, 0.1) is 5.82 Å². The minimum Gasteiger partial charge on any atom is -0.493 e. The van der Waals surface area contributed by atoms with E-state index in [4.69, 9.17) is 4.74 Å². The SMILES string of the molecule is CCOc1ccc2ccccc2c1/C=N\NC(=O)C(=O)Nc1ccc(F)cc1. The molecular weight excluding hydrogens is 361 g/mol. The average Bonchev–Trinajstić information content (AvgIpc) is 2.71. The fourth-order valence-corrected chi connectivity index (χ4v) is 2.62. The van der Waals surface area contributed by atoms with Crippen LogP contribution in [-0.2, 0) is 9.59 Å².